The van der Waals surface area contributed by atoms with Gasteiger partial charge in [-0.15, -0.1) is 0 Å². The molecular weight excluding hydrogens is 250 g/mol. The summed E-state index contributed by atoms with van der Waals surface area (Å²) in [6, 6.07) is 0. The predicted octanol–water partition coefficient (Wildman–Crippen LogP) is 0.267. The monoisotopic (exact) mass is 260 g/mol. The molecule has 3 rings (SSSR count). The molecule has 15 heavy (non-hydrogen) atoms. The average Bonchev–Trinajstić information content (AvgIpc) is 2.16. The summed E-state index contributed by atoms with van der Waals surface area (Å²) in [5, 5.41) is 0. The Morgan fingerprint density at radius 2 is 1.73 bits per heavy atom. The number of phosphoric acid groups is 2. The smallest absolute Gasteiger partial charge is 0.303 e. The molecule has 0 atom stereocenters. The minimum atomic E-state index is -4.52. The maximum absolute atomic E-state index is 11.3. The van der Waals surface area contributed by atoms with Crippen LogP contribution < -0.4 is 0 Å². The van der Waals surface area contributed by atoms with Gasteiger partial charge < -0.3 is 9.79 Å². The number of phosphoric ester groups is 2. The van der Waals surface area contributed by atoms with Crippen LogP contribution in [0.1, 0.15) is 0 Å². The molecule has 2 N–H and O–H groups in total. The van der Waals surface area contributed by atoms with Crippen LogP contribution in [0.25, 0.3) is 0 Å². The van der Waals surface area contributed by atoms with Crippen molar-refractivity contribution >= 4 is 15.6 Å². The van der Waals surface area contributed by atoms with E-state index >= 15 is 0 Å². The van der Waals surface area contributed by atoms with Gasteiger partial charge in [0.2, 0.25) is 0 Å². The Hall–Kier alpha value is 0.220. The quantitative estimate of drug-likeness (QED) is 0.695. The summed E-state index contributed by atoms with van der Waals surface area (Å²) in [6.07, 6.45) is 0. The third-order valence-corrected chi connectivity index (χ3v) is 3.93. The fourth-order valence-corrected chi connectivity index (χ4v) is 3.19. The van der Waals surface area contributed by atoms with E-state index in [2.05, 4.69) is 4.52 Å². The van der Waals surface area contributed by atoms with Crippen molar-refractivity contribution in [3.63, 3.8) is 0 Å². The zero-order valence-corrected chi connectivity index (χ0v) is 9.36. The summed E-state index contributed by atoms with van der Waals surface area (Å²) in [4.78, 5) is 17.1. The van der Waals surface area contributed by atoms with E-state index in [9.17, 15) is 9.13 Å². The molecule has 3 aliphatic rings. The first kappa shape index (κ1) is 11.7. The Kier molecular flexibility index (Phi) is 2.82. The molecule has 0 aromatic heterocycles. The molecule has 3 heterocycles. The fourth-order valence-electron chi connectivity index (χ4n) is 1.23. The lowest BCUT2D eigenvalue weighted by molar-refractivity contribution is -0.112. The Balaban J connectivity index is 1.98. The van der Waals surface area contributed by atoms with E-state index in [0.717, 1.165) is 0 Å². The standard InChI is InChI=1S/C5H10O8P2/c6-14(7,8)10-1-5-2-11-15(9,12-3-5)13-4-5/h1-4H2,(H2,6,7,8). The second-order valence-corrected chi connectivity index (χ2v) is 6.44. The summed E-state index contributed by atoms with van der Waals surface area (Å²) in [5.41, 5.74) is -0.784. The summed E-state index contributed by atoms with van der Waals surface area (Å²) >= 11 is 0. The van der Waals surface area contributed by atoms with Crippen LogP contribution in [0.3, 0.4) is 0 Å². The molecule has 0 amide bonds. The zero-order valence-electron chi connectivity index (χ0n) is 7.57. The van der Waals surface area contributed by atoms with Gasteiger partial charge in [0.25, 0.3) is 0 Å². The number of hydrogen-bond donors (Lipinski definition) is 2. The van der Waals surface area contributed by atoms with E-state index < -0.39 is 21.1 Å². The molecule has 3 saturated heterocycles. The Morgan fingerprint density at radius 1 is 1.27 bits per heavy atom. The Bertz CT molecular complexity index is 316. The Morgan fingerprint density at radius 3 is 2.13 bits per heavy atom. The van der Waals surface area contributed by atoms with Crippen molar-refractivity contribution in [1.29, 1.82) is 0 Å². The second kappa shape index (κ2) is 3.61. The molecule has 0 unspecified atom stereocenters. The van der Waals surface area contributed by atoms with Crippen LogP contribution in [0.2, 0.25) is 0 Å². The van der Waals surface area contributed by atoms with Crippen molar-refractivity contribution in [2.24, 2.45) is 5.41 Å². The van der Waals surface area contributed by atoms with Gasteiger partial charge in [0.05, 0.1) is 31.8 Å². The van der Waals surface area contributed by atoms with Gasteiger partial charge in [-0.3, -0.25) is 18.1 Å². The van der Waals surface area contributed by atoms with Crippen LogP contribution in [0, 0.1) is 5.41 Å². The molecular formula is C5H10O8P2. The van der Waals surface area contributed by atoms with Gasteiger partial charge >= 0.3 is 15.6 Å². The third-order valence-electron chi connectivity index (χ3n) is 2.13. The van der Waals surface area contributed by atoms with Crippen LogP contribution in [0.15, 0.2) is 0 Å². The maximum atomic E-state index is 11.3. The highest BCUT2D eigenvalue weighted by atomic mass is 31.2. The number of fused-ring (bicyclic) bond motifs is 3. The average molecular weight is 260 g/mol. The van der Waals surface area contributed by atoms with Gasteiger partial charge in [-0.05, 0) is 0 Å². The van der Waals surface area contributed by atoms with Gasteiger partial charge in [0, 0.05) is 0 Å². The normalized spacial score (nSPS) is 40.7. The van der Waals surface area contributed by atoms with Gasteiger partial charge in [-0.2, -0.15) is 0 Å². The maximum Gasteiger partial charge on any atom is 0.474 e. The second-order valence-electron chi connectivity index (χ2n) is 3.53. The minimum Gasteiger partial charge on any atom is -0.303 e. The van der Waals surface area contributed by atoms with Crippen LogP contribution in [0.5, 0.6) is 0 Å². The molecule has 0 radical (unpaired) electrons. The lowest BCUT2D eigenvalue weighted by atomic mass is 9.93. The van der Waals surface area contributed by atoms with Crippen molar-refractivity contribution in [3.05, 3.63) is 0 Å². The van der Waals surface area contributed by atoms with E-state index in [1.165, 1.54) is 0 Å². The van der Waals surface area contributed by atoms with Gasteiger partial charge in [0.15, 0.2) is 0 Å². The first-order valence-electron chi connectivity index (χ1n) is 4.06. The summed E-state index contributed by atoms with van der Waals surface area (Å²) < 4.78 is 40.6. The number of hydrogen-bond acceptors (Lipinski definition) is 6. The third kappa shape index (κ3) is 2.67. The van der Waals surface area contributed by atoms with Crippen LogP contribution in [-0.2, 0) is 27.2 Å². The molecule has 8 nitrogen and oxygen atoms in total. The molecule has 0 spiro atoms. The van der Waals surface area contributed by atoms with Gasteiger partial charge in [-0.1, -0.05) is 0 Å². The summed E-state index contributed by atoms with van der Waals surface area (Å²) in [7, 11) is -7.91. The molecule has 3 fully saturated rings. The molecule has 88 valence electrons. The lowest BCUT2D eigenvalue weighted by Gasteiger charge is -2.43. The SMILES string of the molecule is O=P(O)(O)OCC12COP(=O)(OC1)OC2. The largest absolute Gasteiger partial charge is 0.474 e. The molecule has 0 aliphatic carbocycles. The first-order chi connectivity index (χ1) is 6.83. The van der Waals surface area contributed by atoms with Gasteiger partial charge in [0.1, 0.15) is 0 Å². The topological polar surface area (TPSA) is 112 Å². The van der Waals surface area contributed by atoms with E-state index in [4.69, 9.17) is 23.4 Å². The van der Waals surface area contributed by atoms with Crippen molar-refractivity contribution < 1.29 is 37.0 Å². The molecule has 0 aromatic rings. The predicted molar refractivity (Wildman–Crippen MR) is 45.9 cm³/mol. The van der Waals surface area contributed by atoms with E-state index in [0.29, 0.717) is 0 Å². The highest BCUT2D eigenvalue weighted by Crippen LogP contribution is 2.60. The van der Waals surface area contributed by atoms with E-state index in [-0.39, 0.29) is 26.4 Å². The molecule has 2 bridgehead atoms. The van der Waals surface area contributed by atoms with Crippen molar-refractivity contribution in [2.75, 3.05) is 26.4 Å². The van der Waals surface area contributed by atoms with Crippen molar-refractivity contribution in [3.8, 4) is 0 Å². The van der Waals surface area contributed by atoms with Crippen LogP contribution >= 0.6 is 15.6 Å². The highest BCUT2D eigenvalue weighted by molar-refractivity contribution is 7.48. The summed E-state index contributed by atoms with van der Waals surface area (Å²) in [5.74, 6) is 0. The zero-order chi connectivity index (χ0) is 11.2. The van der Waals surface area contributed by atoms with Crippen molar-refractivity contribution in [1.82, 2.24) is 0 Å². The van der Waals surface area contributed by atoms with E-state index in [1.54, 1.807) is 0 Å². The van der Waals surface area contributed by atoms with Crippen LogP contribution in [0.4, 0.5) is 0 Å². The lowest BCUT2D eigenvalue weighted by Crippen LogP contribution is -2.47. The molecule has 3 aliphatic heterocycles. The molecule has 0 aromatic carbocycles. The minimum absolute atomic E-state index is 0.0459. The Labute approximate surface area is 85.3 Å². The fraction of sp³-hybridized carbons (Fsp3) is 1.00. The number of rotatable bonds is 3. The highest BCUT2D eigenvalue weighted by Gasteiger charge is 2.51. The molecule has 0 saturated carbocycles. The van der Waals surface area contributed by atoms with E-state index in [1.807, 2.05) is 0 Å². The van der Waals surface area contributed by atoms with Gasteiger partial charge in [-0.25, -0.2) is 9.13 Å². The first-order valence-corrected chi connectivity index (χ1v) is 7.06. The molecule has 10 heteroatoms. The van der Waals surface area contributed by atoms with Crippen LogP contribution in [-0.4, -0.2) is 36.2 Å². The summed E-state index contributed by atoms with van der Waals surface area (Å²) in [6.45, 7) is -0.129. The van der Waals surface area contributed by atoms with Crippen molar-refractivity contribution in [2.45, 2.75) is 0 Å².